The van der Waals surface area contributed by atoms with Crippen molar-refractivity contribution in [1.29, 1.82) is 0 Å². The van der Waals surface area contributed by atoms with E-state index in [4.69, 9.17) is 0 Å². The Balaban J connectivity index is 1.98. The van der Waals surface area contributed by atoms with Crippen LogP contribution in [0.5, 0.6) is 0 Å². The largest absolute Gasteiger partial charge is 0.469 e. The van der Waals surface area contributed by atoms with Crippen LogP contribution in [0.4, 0.5) is 0 Å². The fourth-order valence-electron chi connectivity index (χ4n) is 3.49. The van der Waals surface area contributed by atoms with Gasteiger partial charge >= 0.3 is 5.97 Å². The van der Waals surface area contributed by atoms with Crippen LogP contribution in [0.15, 0.2) is 12.2 Å². The Morgan fingerprint density at radius 3 is 2.14 bits per heavy atom. The number of carbonyl (C=O) groups is 1. The van der Waals surface area contributed by atoms with Crippen LogP contribution in [0.2, 0.25) is 0 Å². The summed E-state index contributed by atoms with van der Waals surface area (Å²) in [5.74, 6) is 1.82. The molecule has 0 unspecified atom stereocenters. The van der Waals surface area contributed by atoms with E-state index in [9.17, 15) is 4.79 Å². The van der Waals surface area contributed by atoms with E-state index in [0.29, 0.717) is 6.42 Å². The average Bonchev–Trinajstić information content (AvgIpc) is 2.51. The van der Waals surface area contributed by atoms with Crippen LogP contribution in [-0.4, -0.2) is 13.1 Å². The molecule has 122 valence electrons. The molecule has 0 aromatic rings. The predicted molar refractivity (Wildman–Crippen MR) is 89.2 cm³/mol. The molecule has 0 radical (unpaired) electrons. The van der Waals surface area contributed by atoms with Gasteiger partial charge in [0.25, 0.3) is 0 Å². The van der Waals surface area contributed by atoms with Crippen LogP contribution < -0.4 is 0 Å². The van der Waals surface area contributed by atoms with Crippen LogP contribution in [0.3, 0.4) is 0 Å². The van der Waals surface area contributed by atoms with Crippen molar-refractivity contribution in [1.82, 2.24) is 0 Å². The van der Waals surface area contributed by atoms with Gasteiger partial charge in [-0.1, -0.05) is 64.0 Å². The Kier molecular flexibility index (Phi) is 10.3. The highest BCUT2D eigenvalue weighted by molar-refractivity contribution is 5.68. The molecule has 2 nitrogen and oxygen atoms in total. The first-order valence-electron chi connectivity index (χ1n) is 8.99. The first-order valence-corrected chi connectivity index (χ1v) is 8.99. The predicted octanol–water partition coefficient (Wildman–Crippen LogP) is 5.66. The van der Waals surface area contributed by atoms with Crippen LogP contribution in [0, 0.1) is 11.8 Å². The SMILES string of the molecule is CCC[C@@H]1CC=CC[C@H]1CCCCCCCCC(=O)OC. The van der Waals surface area contributed by atoms with Crippen LogP contribution in [0.1, 0.15) is 84.0 Å². The van der Waals surface area contributed by atoms with Crippen molar-refractivity contribution < 1.29 is 9.53 Å². The number of ether oxygens (including phenoxy) is 1. The molecule has 0 fully saturated rings. The van der Waals surface area contributed by atoms with Gasteiger partial charge in [0.1, 0.15) is 0 Å². The molecular formula is C19H34O2. The Bertz CT molecular complexity index is 296. The summed E-state index contributed by atoms with van der Waals surface area (Å²) in [5.41, 5.74) is 0. The van der Waals surface area contributed by atoms with Crippen molar-refractivity contribution in [3.63, 3.8) is 0 Å². The molecule has 0 N–H and O–H groups in total. The van der Waals surface area contributed by atoms with Crippen molar-refractivity contribution in [3.05, 3.63) is 12.2 Å². The number of methoxy groups -OCH3 is 1. The van der Waals surface area contributed by atoms with Crippen molar-refractivity contribution in [3.8, 4) is 0 Å². The summed E-state index contributed by atoms with van der Waals surface area (Å²) >= 11 is 0. The van der Waals surface area contributed by atoms with Gasteiger partial charge in [0.2, 0.25) is 0 Å². The molecule has 0 heterocycles. The summed E-state index contributed by atoms with van der Waals surface area (Å²) in [5, 5.41) is 0. The van der Waals surface area contributed by atoms with Gasteiger partial charge < -0.3 is 4.74 Å². The molecule has 0 spiro atoms. The summed E-state index contributed by atoms with van der Waals surface area (Å²) in [6.45, 7) is 2.31. The van der Waals surface area contributed by atoms with Crippen molar-refractivity contribution >= 4 is 5.97 Å². The van der Waals surface area contributed by atoms with Crippen LogP contribution in [-0.2, 0) is 9.53 Å². The standard InChI is InChI=1S/C19H34O2/c1-3-12-17-14-10-11-15-18(17)13-8-6-4-5-7-9-16-19(20)21-2/h10-11,17-18H,3-9,12-16H2,1-2H3/t17-,18-/m1/s1. The highest BCUT2D eigenvalue weighted by Crippen LogP contribution is 2.33. The van der Waals surface area contributed by atoms with Crippen LogP contribution >= 0.6 is 0 Å². The van der Waals surface area contributed by atoms with E-state index in [2.05, 4.69) is 23.8 Å². The summed E-state index contributed by atoms with van der Waals surface area (Å²) < 4.78 is 4.65. The normalized spacial score (nSPS) is 21.4. The molecule has 0 aromatic heterocycles. The second-order valence-corrected chi connectivity index (χ2v) is 6.49. The molecule has 21 heavy (non-hydrogen) atoms. The van der Waals surface area contributed by atoms with Gasteiger partial charge in [0.15, 0.2) is 0 Å². The van der Waals surface area contributed by atoms with Gasteiger partial charge in [-0.2, -0.15) is 0 Å². The molecular weight excluding hydrogens is 260 g/mol. The van der Waals surface area contributed by atoms with Gasteiger partial charge in [-0.25, -0.2) is 0 Å². The first kappa shape index (κ1) is 18.3. The molecule has 2 heteroatoms. The summed E-state index contributed by atoms with van der Waals surface area (Å²) in [4.78, 5) is 11.0. The molecule has 0 saturated heterocycles. The van der Waals surface area contributed by atoms with E-state index < -0.39 is 0 Å². The Morgan fingerprint density at radius 1 is 0.952 bits per heavy atom. The lowest BCUT2D eigenvalue weighted by Crippen LogP contribution is -2.16. The zero-order valence-corrected chi connectivity index (χ0v) is 14.1. The topological polar surface area (TPSA) is 26.3 Å². The Labute approximate surface area is 131 Å². The number of hydrogen-bond donors (Lipinski definition) is 0. The van der Waals surface area contributed by atoms with E-state index in [-0.39, 0.29) is 5.97 Å². The van der Waals surface area contributed by atoms with Crippen molar-refractivity contribution in [2.45, 2.75) is 84.0 Å². The van der Waals surface area contributed by atoms with Crippen LogP contribution in [0.25, 0.3) is 0 Å². The summed E-state index contributed by atoms with van der Waals surface area (Å²) in [6, 6.07) is 0. The van der Waals surface area contributed by atoms with Crippen molar-refractivity contribution in [2.24, 2.45) is 11.8 Å². The smallest absolute Gasteiger partial charge is 0.305 e. The summed E-state index contributed by atoms with van der Waals surface area (Å²) in [7, 11) is 1.47. The maximum absolute atomic E-state index is 11.0. The van der Waals surface area contributed by atoms with Gasteiger partial charge in [-0.3, -0.25) is 4.79 Å². The zero-order valence-electron chi connectivity index (χ0n) is 14.1. The van der Waals surface area contributed by atoms with E-state index in [1.807, 2.05) is 0 Å². The van der Waals surface area contributed by atoms with Gasteiger partial charge in [-0.15, -0.1) is 0 Å². The highest BCUT2D eigenvalue weighted by atomic mass is 16.5. The van der Waals surface area contributed by atoms with Crippen molar-refractivity contribution in [2.75, 3.05) is 7.11 Å². The minimum Gasteiger partial charge on any atom is -0.469 e. The number of rotatable bonds is 11. The Hall–Kier alpha value is -0.790. The summed E-state index contributed by atoms with van der Waals surface area (Å²) in [6.07, 6.45) is 19.6. The Morgan fingerprint density at radius 2 is 1.52 bits per heavy atom. The third-order valence-electron chi connectivity index (χ3n) is 4.80. The van der Waals surface area contributed by atoms with Gasteiger partial charge in [0.05, 0.1) is 7.11 Å². The molecule has 0 saturated carbocycles. The average molecular weight is 294 g/mol. The molecule has 1 rings (SSSR count). The fourth-order valence-corrected chi connectivity index (χ4v) is 3.49. The number of esters is 1. The maximum atomic E-state index is 11.0. The number of allylic oxidation sites excluding steroid dienone is 2. The molecule has 0 amide bonds. The zero-order chi connectivity index (χ0) is 15.3. The lowest BCUT2D eigenvalue weighted by Gasteiger charge is -2.28. The number of unbranched alkanes of at least 4 members (excludes halogenated alkanes) is 5. The van der Waals surface area contributed by atoms with Gasteiger partial charge in [-0.05, 0) is 37.5 Å². The molecule has 0 aromatic carbocycles. The molecule has 0 aliphatic heterocycles. The van der Waals surface area contributed by atoms with E-state index in [1.54, 1.807) is 0 Å². The first-order chi connectivity index (χ1) is 10.3. The minimum atomic E-state index is -0.0673. The maximum Gasteiger partial charge on any atom is 0.305 e. The second kappa shape index (κ2) is 11.8. The lowest BCUT2D eigenvalue weighted by atomic mass is 9.77. The third-order valence-corrected chi connectivity index (χ3v) is 4.80. The quantitative estimate of drug-likeness (QED) is 0.279. The monoisotopic (exact) mass is 294 g/mol. The van der Waals surface area contributed by atoms with E-state index in [0.717, 1.165) is 18.3 Å². The third kappa shape index (κ3) is 8.28. The minimum absolute atomic E-state index is 0.0673. The van der Waals surface area contributed by atoms with E-state index >= 15 is 0 Å². The molecule has 1 aliphatic carbocycles. The highest BCUT2D eigenvalue weighted by Gasteiger charge is 2.20. The molecule has 1 aliphatic rings. The molecule has 0 bridgehead atoms. The second-order valence-electron chi connectivity index (χ2n) is 6.49. The van der Waals surface area contributed by atoms with E-state index in [1.165, 1.54) is 71.3 Å². The number of carbonyl (C=O) groups excluding carboxylic acids is 1. The number of hydrogen-bond acceptors (Lipinski definition) is 2. The van der Waals surface area contributed by atoms with Gasteiger partial charge in [0, 0.05) is 6.42 Å². The lowest BCUT2D eigenvalue weighted by molar-refractivity contribution is -0.140. The fraction of sp³-hybridized carbons (Fsp3) is 0.842. The molecule has 2 atom stereocenters.